The summed E-state index contributed by atoms with van der Waals surface area (Å²) in [6.07, 6.45) is 1.77. The maximum atomic E-state index is 5.78. The molecule has 0 spiro atoms. The quantitative estimate of drug-likeness (QED) is 0.783. The van der Waals surface area contributed by atoms with Gasteiger partial charge in [0, 0.05) is 30.1 Å². The highest BCUT2D eigenvalue weighted by molar-refractivity contribution is 5.33. The molecule has 3 nitrogen and oxygen atoms in total. The van der Waals surface area contributed by atoms with Crippen LogP contribution in [0, 0.1) is 6.92 Å². The minimum absolute atomic E-state index is 0.197. The zero-order valence-corrected chi connectivity index (χ0v) is 9.29. The van der Waals surface area contributed by atoms with E-state index in [1.165, 1.54) is 0 Å². The smallest absolute Gasteiger partial charge is 0.127 e. The number of rotatable bonds is 2. The topological polar surface area (TPSA) is 48.1 Å². The third-order valence-corrected chi connectivity index (χ3v) is 1.72. The van der Waals surface area contributed by atoms with Crippen LogP contribution in [0.5, 0.6) is 5.75 Å². The molecule has 0 radical (unpaired) electrons. The van der Waals surface area contributed by atoms with Gasteiger partial charge in [0.15, 0.2) is 0 Å². The van der Waals surface area contributed by atoms with Gasteiger partial charge in [-0.15, -0.1) is 0 Å². The van der Waals surface area contributed by atoms with Crippen LogP contribution in [0.15, 0.2) is 12.3 Å². The lowest BCUT2D eigenvalue weighted by Crippen LogP contribution is -2.24. The van der Waals surface area contributed by atoms with Crippen LogP contribution >= 0.6 is 0 Å². The average molecular weight is 194 g/mol. The molecule has 0 amide bonds. The molecule has 1 rings (SSSR count). The fourth-order valence-electron chi connectivity index (χ4n) is 1.14. The van der Waals surface area contributed by atoms with Crippen molar-refractivity contribution in [3.05, 3.63) is 23.5 Å². The van der Waals surface area contributed by atoms with Crippen LogP contribution in [-0.2, 0) is 6.54 Å². The Balaban J connectivity index is 2.99. The van der Waals surface area contributed by atoms with Crippen molar-refractivity contribution in [1.29, 1.82) is 0 Å². The molecule has 1 aromatic heterocycles. The Bertz CT molecular complexity index is 316. The summed E-state index contributed by atoms with van der Waals surface area (Å²) in [4.78, 5) is 4.18. The summed E-state index contributed by atoms with van der Waals surface area (Å²) >= 11 is 0. The largest absolute Gasteiger partial charge is 0.488 e. The molecular formula is C11H18N2O. The van der Waals surface area contributed by atoms with Crippen LogP contribution in [0.3, 0.4) is 0 Å². The van der Waals surface area contributed by atoms with Crippen LogP contribution in [0.25, 0.3) is 0 Å². The van der Waals surface area contributed by atoms with Crippen molar-refractivity contribution in [2.45, 2.75) is 39.8 Å². The first-order valence-corrected chi connectivity index (χ1v) is 4.77. The first kappa shape index (κ1) is 11.0. The van der Waals surface area contributed by atoms with Crippen LogP contribution in [0.4, 0.5) is 0 Å². The van der Waals surface area contributed by atoms with Crippen molar-refractivity contribution < 1.29 is 4.74 Å². The number of aromatic nitrogens is 1. The number of ether oxygens (including phenoxy) is 1. The van der Waals surface area contributed by atoms with Crippen molar-refractivity contribution in [3.63, 3.8) is 0 Å². The van der Waals surface area contributed by atoms with E-state index < -0.39 is 0 Å². The second-order valence-electron chi connectivity index (χ2n) is 4.35. The summed E-state index contributed by atoms with van der Waals surface area (Å²) in [7, 11) is 0. The molecule has 0 aromatic carbocycles. The van der Waals surface area contributed by atoms with E-state index in [4.69, 9.17) is 10.5 Å². The third kappa shape index (κ3) is 3.00. The molecule has 0 aliphatic carbocycles. The van der Waals surface area contributed by atoms with Gasteiger partial charge < -0.3 is 10.5 Å². The fourth-order valence-corrected chi connectivity index (χ4v) is 1.14. The monoisotopic (exact) mass is 194 g/mol. The molecule has 1 aromatic rings. The highest BCUT2D eigenvalue weighted by Crippen LogP contribution is 2.22. The van der Waals surface area contributed by atoms with E-state index in [-0.39, 0.29) is 5.60 Å². The normalized spacial score (nSPS) is 11.5. The summed E-state index contributed by atoms with van der Waals surface area (Å²) in [6.45, 7) is 8.45. The van der Waals surface area contributed by atoms with Crippen molar-refractivity contribution in [2.24, 2.45) is 5.73 Å². The van der Waals surface area contributed by atoms with Gasteiger partial charge in [-0.1, -0.05) is 0 Å². The number of pyridine rings is 1. The minimum Gasteiger partial charge on any atom is -0.488 e. The van der Waals surface area contributed by atoms with E-state index in [2.05, 4.69) is 4.98 Å². The molecule has 0 bridgehead atoms. The van der Waals surface area contributed by atoms with Crippen LogP contribution in [0.2, 0.25) is 0 Å². The molecule has 0 unspecified atom stereocenters. The van der Waals surface area contributed by atoms with Crippen molar-refractivity contribution in [1.82, 2.24) is 4.98 Å². The molecule has 78 valence electrons. The lowest BCUT2D eigenvalue weighted by atomic mass is 10.1. The van der Waals surface area contributed by atoms with Gasteiger partial charge in [0.25, 0.3) is 0 Å². The molecule has 2 N–H and O–H groups in total. The number of nitrogens with zero attached hydrogens (tertiary/aromatic N) is 1. The number of nitrogens with two attached hydrogens (primary N) is 1. The number of hydrogen-bond acceptors (Lipinski definition) is 3. The van der Waals surface area contributed by atoms with Gasteiger partial charge in [-0.05, 0) is 27.7 Å². The minimum atomic E-state index is -0.197. The van der Waals surface area contributed by atoms with Crippen molar-refractivity contribution in [3.8, 4) is 5.75 Å². The molecule has 14 heavy (non-hydrogen) atoms. The molecule has 0 fully saturated rings. The highest BCUT2D eigenvalue weighted by Gasteiger charge is 2.14. The van der Waals surface area contributed by atoms with E-state index in [0.717, 1.165) is 17.0 Å². The van der Waals surface area contributed by atoms with Crippen molar-refractivity contribution >= 4 is 0 Å². The van der Waals surface area contributed by atoms with Crippen LogP contribution < -0.4 is 10.5 Å². The first-order chi connectivity index (χ1) is 6.42. The first-order valence-electron chi connectivity index (χ1n) is 4.77. The lowest BCUT2D eigenvalue weighted by molar-refractivity contribution is 0.129. The molecule has 0 atom stereocenters. The number of aryl methyl sites for hydroxylation is 1. The molecule has 3 heteroatoms. The highest BCUT2D eigenvalue weighted by atomic mass is 16.5. The Morgan fingerprint density at radius 1 is 1.43 bits per heavy atom. The Hall–Kier alpha value is -1.09. The van der Waals surface area contributed by atoms with Gasteiger partial charge in [0.2, 0.25) is 0 Å². The summed E-state index contributed by atoms with van der Waals surface area (Å²) in [5.74, 6) is 0.840. The molecule has 0 aliphatic rings. The van der Waals surface area contributed by atoms with Gasteiger partial charge in [0.05, 0.1) is 0 Å². The lowest BCUT2D eigenvalue weighted by Gasteiger charge is -2.23. The second-order valence-corrected chi connectivity index (χ2v) is 4.35. The molecule has 1 heterocycles. The average Bonchev–Trinajstić information content (AvgIpc) is 2.01. The molecule has 0 saturated carbocycles. The Labute approximate surface area is 85.3 Å². The fraction of sp³-hybridized carbons (Fsp3) is 0.545. The van der Waals surface area contributed by atoms with Gasteiger partial charge in [-0.25, -0.2) is 0 Å². The third-order valence-electron chi connectivity index (χ3n) is 1.72. The Morgan fingerprint density at radius 3 is 2.57 bits per heavy atom. The summed E-state index contributed by atoms with van der Waals surface area (Å²) in [6, 6.07) is 1.92. The molecular weight excluding hydrogens is 176 g/mol. The van der Waals surface area contributed by atoms with Gasteiger partial charge in [-0.3, -0.25) is 4.98 Å². The zero-order valence-electron chi connectivity index (χ0n) is 9.29. The van der Waals surface area contributed by atoms with E-state index >= 15 is 0 Å². The van der Waals surface area contributed by atoms with Gasteiger partial charge in [-0.2, -0.15) is 0 Å². The molecule has 0 saturated heterocycles. The van der Waals surface area contributed by atoms with Crippen molar-refractivity contribution in [2.75, 3.05) is 0 Å². The van der Waals surface area contributed by atoms with E-state index in [1.807, 2.05) is 33.8 Å². The number of hydrogen-bond donors (Lipinski definition) is 1. The van der Waals surface area contributed by atoms with Gasteiger partial charge >= 0.3 is 0 Å². The van der Waals surface area contributed by atoms with E-state index in [9.17, 15) is 0 Å². The SMILES string of the molecule is Cc1cc(OC(C)(C)C)c(CN)cn1. The summed E-state index contributed by atoms with van der Waals surface area (Å²) in [5, 5.41) is 0. The Kier molecular flexibility index (Phi) is 3.11. The molecule has 0 aliphatic heterocycles. The maximum Gasteiger partial charge on any atom is 0.127 e. The Morgan fingerprint density at radius 2 is 2.07 bits per heavy atom. The summed E-state index contributed by atoms with van der Waals surface area (Å²) < 4.78 is 5.78. The standard InChI is InChI=1S/C11H18N2O/c1-8-5-10(14-11(2,3)4)9(6-12)7-13-8/h5,7H,6,12H2,1-4H3. The predicted octanol–water partition coefficient (Wildman–Crippen LogP) is 2.03. The van der Waals surface area contributed by atoms with E-state index in [1.54, 1.807) is 6.20 Å². The zero-order chi connectivity index (χ0) is 10.8. The van der Waals surface area contributed by atoms with Gasteiger partial charge in [0.1, 0.15) is 11.4 Å². The van der Waals surface area contributed by atoms with E-state index in [0.29, 0.717) is 6.54 Å². The van der Waals surface area contributed by atoms with Crippen LogP contribution in [-0.4, -0.2) is 10.6 Å². The second kappa shape index (κ2) is 3.96. The summed E-state index contributed by atoms with van der Waals surface area (Å²) in [5.41, 5.74) is 7.30. The maximum absolute atomic E-state index is 5.78. The van der Waals surface area contributed by atoms with Crippen LogP contribution in [0.1, 0.15) is 32.0 Å². The predicted molar refractivity (Wildman–Crippen MR) is 57.2 cm³/mol.